The Morgan fingerprint density at radius 1 is 1.22 bits per heavy atom. The molecule has 1 atom stereocenters. The first-order valence-electron chi connectivity index (χ1n) is 9.54. The van der Waals surface area contributed by atoms with Crippen LogP contribution in [-0.2, 0) is 11.3 Å². The number of nitrogens with zero attached hydrogens (tertiary/aromatic N) is 1. The zero-order valence-corrected chi connectivity index (χ0v) is 19.0. The van der Waals surface area contributed by atoms with Gasteiger partial charge in [0, 0.05) is 13.2 Å². The van der Waals surface area contributed by atoms with E-state index in [2.05, 4.69) is 17.2 Å². The Hall–Kier alpha value is -1.22. The normalized spacial score (nSPS) is 15.9. The molecule has 0 aliphatic heterocycles. The van der Waals surface area contributed by atoms with Gasteiger partial charge < -0.3 is 25.3 Å². The zero-order chi connectivity index (χ0) is 18.8. The maximum Gasteiger partial charge on any atom is 0.188 e. The lowest BCUT2D eigenvalue weighted by Crippen LogP contribution is -2.35. The van der Waals surface area contributed by atoms with Gasteiger partial charge in [-0.1, -0.05) is 18.9 Å². The summed E-state index contributed by atoms with van der Waals surface area (Å²) < 4.78 is 16.5. The van der Waals surface area contributed by atoms with Crippen molar-refractivity contribution in [1.82, 2.24) is 5.32 Å². The third-order valence-corrected chi connectivity index (χ3v) is 4.92. The molecule has 0 amide bonds. The van der Waals surface area contributed by atoms with Crippen molar-refractivity contribution in [3.63, 3.8) is 0 Å². The Labute approximate surface area is 180 Å². The van der Waals surface area contributed by atoms with Gasteiger partial charge in [0.1, 0.15) is 0 Å². The molecule has 0 saturated heterocycles. The number of nitrogens with one attached hydrogen (secondary N) is 1. The summed E-state index contributed by atoms with van der Waals surface area (Å²) in [6.07, 6.45) is 6.52. The third kappa shape index (κ3) is 7.73. The fraction of sp³-hybridized carbons (Fsp3) is 0.650. The van der Waals surface area contributed by atoms with E-state index < -0.39 is 0 Å². The van der Waals surface area contributed by atoms with Crippen molar-refractivity contribution in [1.29, 1.82) is 0 Å². The number of ether oxygens (including phenoxy) is 3. The number of benzene rings is 1. The maximum absolute atomic E-state index is 6.00. The van der Waals surface area contributed by atoms with Gasteiger partial charge in [-0.05, 0) is 49.8 Å². The molecule has 0 radical (unpaired) electrons. The smallest absolute Gasteiger partial charge is 0.188 e. The SMILES string of the molecule is CCOC(CCNC(N)=NCc1ccc(OC)c(OC)c1)C1CCCC1.I. The van der Waals surface area contributed by atoms with Crippen molar-refractivity contribution < 1.29 is 14.2 Å². The molecule has 6 nitrogen and oxygen atoms in total. The topological polar surface area (TPSA) is 78.1 Å². The van der Waals surface area contributed by atoms with Gasteiger partial charge in [-0.3, -0.25) is 0 Å². The molecule has 1 fully saturated rings. The molecule has 0 heterocycles. The molecule has 27 heavy (non-hydrogen) atoms. The average Bonchev–Trinajstić information content (AvgIpc) is 3.20. The summed E-state index contributed by atoms with van der Waals surface area (Å²) in [5.41, 5.74) is 7.02. The number of hydrogen-bond donors (Lipinski definition) is 2. The highest BCUT2D eigenvalue weighted by molar-refractivity contribution is 14.0. The first-order chi connectivity index (χ1) is 12.7. The lowest BCUT2D eigenvalue weighted by atomic mass is 9.98. The highest BCUT2D eigenvalue weighted by Gasteiger charge is 2.24. The molecule has 1 aliphatic carbocycles. The minimum absolute atomic E-state index is 0. The number of guanidine groups is 1. The van der Waals surface area contributed by atoms with Gasteiger partial charge in [-0.15, -0.1) is 24.0 Å². The van der Waals surface area contributed by atoms with Gasteiger partial charge in [0.05, 0.1) is 26.9 Å². The number of nitrogens with two attached hydrogens (primary N) is 1. The minimum Gasteiger partial charge on any atom is -0.493 e. The van der Waals surface area contributed by atoms with Crippen molar-refractivity contribution in [2.24, 2.45) is 16.6 Å². The highest BCUT2D eigenvalue weighted by Crippen LogP contribution is 2.30. The molecule has 1 aromatic carbocycles. The van der Waals surface area contributed by atoms with Crippen molar-refractivity contribution >= 4 is 29.9 Å². The van der Waals surface area contributed by atoms with Crippen LogP contribution in [0.4, 0.5) is 0 Å². The number of methoxy groups -OCH3 is 2. The van der Waals surface area contributed by atoms with E-state index in [0.29, 0.717) is 36.0 Å². The first-order valence-corrected chi connectivity index (χ1v) is 9.54. The van der Waals surface area contributed by atoms with Crippen LogP contribution in [0.15, 0.2) is 23.2 Å². The van der Waals surface area contributed by atoms with E-state index in [0.717, 1.165) is 25.1 Å². The maximum atomic E-state index is 6.00. The van der Waals surface area contributed by atoms with Gasteiger partial charge in [0.15, 0.2) is 17.5 Å². The van der Waals surface area contributed by atoms with E-state index in [-0.39, 0.29) is 24.0 Å². The van der Waals surface area contributed by atoms with E-state index in [4.69, 9.17) is 19.9 Å². The standard InChI is InChI=1S/C20H33N3O3.HI/c1-4-26-17(16-7-5-6-8-16)11-12-22-20(21)23-14-15-9-10-18(24-2)19(13-15)25-3;/h9-10,13,16-17H,4-8,11-12,14H2,1-3H3,(H3,21,22,23);1H. The predicted octanol–water partition coefficient (Wildman–Crippen LogP) is 3.71. The van der Waals surface area contributed by atoms with Gasteiger partial charge >= 0.3 is 0 Å². The van der Waals surface area contributed by atoms with Crippen molar-refractivity contribution in [2.75, 3.05) is 27.4 Å². The first kappa shape index (κ1) is 23.8. The molecule has 7 heteroatoms. The van der Waals surface area contributed by atoms with Crippen molar-refractivity contribution in [3.8, 4) is 11.5 Å². The summed E-state index contributed by atoms with van der Waals surface area (Å²) in [5.74, 6) is 2.56. The predicted molar refractivity (Wildman–Crippen MR) is 120 cm³/mol. The number of halogens is 1. The molecule has 0 bridgehead atoms. The summed E-state index contributed by atoms with van der Waals surface area (Å²) in [4.78, 5) is 4.41. The molecular weight excluding hydrogens is 457 g/mol. The molecule has 1 aromatic rings. The van der Waals surface area contributed by atoms with Crippen LogP contribution in [0, 0.1) is 5.92 Å². The Morgan fingerprint density at radius 2 is 1.93 bits per heavy atom. The van der Waals surface area contributed by atoms with Crippen LogP contribution in [0.3, 0.4) is 0 Å². The van der Waals surface area contributed by atoms with E-state index in [1.165, 1.54) is 25.7 Å². The fourth-order valence-electron chi connectivity index (χ4n) is 3.55. The fourth-order valence-corrected chi connectivity index (χ4v) is 3.55. The summed E-state index contributed by atoms with van der Waals surface area (Å²) in [7, 11) is 3.25. The zero-order valence-electron chi connectivity index (χ0n) is 16.7. The Morgan fingerprint density at radius 3 is 2.56 bits per heavy atom. The average molecular weight is 491 g/mol. The van der Waals surface area contributed by atoms with Crippen LogP contribution in [-0.4, -0.2) is 39.4 Å². The quantitative estimate of drug-likeness (QED) is 0.297. The third-order valence-electron chi connectivity index (χ3n) is 4.92. The van der Waals surface area contributed by atoms with Gasteiger partial charge in [0.25, 0.3) is 0 Å². The van der Waals surface area contributed by atoms with E-state index >= 15 is 0 Å². The number of hydrogen-bond acceptors (Lipinski definition) is 4. The lowest BCUT2D eigenvalue weighted by molar-refractivity contribution is 0.0170. The highest BCUT2D eigenvalue weighted by atomic mass is 127. The summed E-state index contributed by atoms with van der Waals surface area (Å²) >= 11 is 0. The van der Waals surface area contributed by atoms with Gasteiger partial charge in [0.2, 0.25) is 0 Å². The molecular formula is C20H34IN3O3. The molecule has 2 rings (SSSR count). The van der Waals surface area contributed by atoms with Crippen LogP contribution in [0.2, 0.25) is 0 Å². The van der Waals surface area contributed by atoms with Crippen LogP contribution >= 0.6 is 24.0 Å². The van der Waals surface area contributed by atoms with E-state index in [1.807, 2.05) is 18.2 Å². The molecule has 1 aliphatic rings. The monoisotopic (exact) mass is 491 g/mol. The second kappa shape index (κ2) is 13.0. The molecule has 3 N–H and O–H groups in total. The Bertz CT molecular complexity index is 578. The lowest BCUT2D eigenvalue weighted by Gasteiger charge is -2.23. The summed E-state index contributed by atoms with van der Waals surface area (Å²) in [6.45, 7) is 4.11. The van der Waals surface area contributed by atoms with Crippen LogP contribution < -0.4 is 20.5 Å². The van der Waals surface area contributed by atoms with Gasteiger partial charge in [-0.2, -0.15) is 0 Å². The summed E-state index contributed by atoms with van der Waals surface area (Å²) in [6, 6.07) is 5.76. The van der Waals surface area contributed by atoms with Crippen LogP contribution in [0.5, 0.6) is 11.5 Å². The molecule has 1 saturated carbocycles. The largest absolute Gasteiger partial charge is 0.493 e. The summed E-state index contributed by atoms with van der Waals surface area (Å²) in [5, 5.41) is 3.21. The van der Waals surface area contributed by atoms with Crippen molar-refractivity contribution in [3.05, 3.63) is 23.8 Å². The molecule has 154 valence electrons. The van der Waals surface area contributed by atoms with Crippen LogP contribution in [0.1, 0.15) is 44.6 Å². The van der Waals surface area contributed by atoms with Gasteiger partial charge in [-0.25, -0.2) is 4.99 Å². The molecule has 0 spiro atoms. The molecule has 0 aromatic heterocycles. The Kier molecular flexibility index (Phi) is 11.5. The molecule has 1 unspecified atom stereocenters. The second-order valence-corrected chi connectivity index (χ2v) is 6.64. The minimum atomic E-state index is 0. The Balaban J connectivity index is 0.00000364. The number of rotatable bonds is 10. The van der Waals surface area contributed by atoms with Crippen molar-refractivity contribution in [2.45, 2.75) is 51.7 Å². The second-order valence-electron chi connectivity index (χ2n) is 6.64. The van der Waals surface area contributed by atoms with E-state index in [1.54, 1.807) is 14.2 Å². The van der Waals surface area contributed by atoms with E-state index in [9.17, 15) is 0 Å². The number of aliphatic imine (C=N–C) groups is 1. The van der Waals surface area contributed by atoms with Crippen LogP contribution in [0.25, 0.3) is 0 Å².